The Kier molecular flexibility index (Phi) is 5.93. The van der Waals surface area contributed by atoms with E-state index in [-0.39, 0.29) is 24.5 Å². The topological polar surface area (TPSA) is 81.2 Å². The minimum absolute atomic E-state index is 0.0778. The Morgan fingerprint density at radius 1 is 1.15 bits per heavy atom. The number of aryl methyl sites for hydroxylation is 1. The van der Waals surface area contributed by atoms with Crippen molar-refractivity contribution >= 4 is 28.2 Å². The van der Waals surface area contributed by atoms with Crippen LogP contribution >= 0.6 is 11.3 Å². The van der Waals surface area contributed by atoms with Crippen LogP contribution in [0.15, 0.2) is 48.0 Å². The normalized spacial score (nSPS) is 10.4. The summed E-state index contributed by atoms with van der Waals surface area (Å²) >= 11 is 1.32. The quantitative estimate of drug-likeness (QED) is 0.623. The summed E-state index contributed by atoms with van der Waals surface area (Å²) in [5.74, 6) is 0.141. The Bertz CT molecular complexity index is 954. The Labute approximate surface area is 161 Å². The number of ether oxygens (including phenoxy) is 1. The second kappa shape index (κ2) is 8.55. The van der Waals surface area contributed by atoms with Gasteiger partial charge in [0.2, 0.25) is 5.91 Å². The zero-order valence-electron chi connectivity index (χ0n) is 15.1. The number of pyridine rings is 1. The van der Waals surface area contributed by atoms with Gasteiger partial charge in [0.15, 0.2) is 10.9 Å². The van der Waals surface area contributed by atoms with Crippen LogP contribution in [0.1, 0.15) is 28.8 Å². The van der Waals surface area contributed by atoms with E-state index in [0.717, 1.165) is 11.3 Å². The third kappa shape index (κ3) is 4.77. The summed E-state index contributed by atoms with van der Waals surface area (Å²) < 4.78 is 5.23. The number of carbonyl (C=O) groups excluding carboxylic acids is 2. The monoisotopic (exact) mass is 381 g/mol. The molecule has 0 fully saturated rings. The summed E-state index contributed by atoms with van der Waals surface area (Å²) in [5.41, 5.74) is 2.91. The third-order valence-corrected chi connectivity index (χ3v) is 4.67. The lowest BCUT2D eigenvalue weighted by Crippen LogP contribution is -2.13. The van der Waals surface area contributed by atoms with Crippen LogP contribution in [0.5, 0.6) is 5.75 Å². The number of nitrogens with one attached hydrogen (secondary N) is 1. The SMILES string of the molecule is COc1ccc(C)cc1C(=O)CCC(=O)Nc1nc(-c2ccccn2)cs1. The number of rotatable bonds is 7. The predicted octanol–water partition coefficient (Wildman–Crippen LogP) is 4.12. The molecule has 2 aromatic heterocycles. The summed E-state index contributed by atoms with van der Waals surface area (Å²) in [6.07, 6.45) is 1.87. The Morgan fingerprint density at radius 2 is 2.00 bits per heavy atom. The predicted molar refractivity (Wildman–Crippen MR) is 105 cm³/mol. The van der Waals surface area contributed by atoms with E-state index in [0.29, 0.717) is 22.1 Å². The van der Waals surface area contributed by atoms with E-state index >= 15 is 0 Å². The number of methoxy groups -OCH3 is 1. The number of anilines is 1. The minimum Gasteiger partial charge on any atom is -0.496 e. The highest BCUT2D eigenvalue weighted by molar-refractivity contribution is 7.14. The summed E-state index contributed by atoms with van der Waals surface area (Å²) in [4.78, 5) is 33.2. The first-order valence-corrected chi connectivity index (χ1v) is 9.29. The average Bonchev–Trinajstić information content (AvgIpc) is 3.15. The van der Waals surface area contributed by atoms with Crippen molar-refractivity contribution < 1.29 is 14.3 Å². The van der Waals surface area contributed by atoms with Crippen LogP contribution in [0, 0.1) is 6.92 Å². The first-order valence-electron chi connectivity index (χ1n) is 8.41. The molecular weight excluding hydrogens is 362 g/mol. The maximum absolute atomic E-state index is 12.4. The van der Waals surface area contributed by atoms with Gasteiger partial charge in [-0.15, -0.1) is 11.3 Å². The summed E-state index contributed by atoms with van der Waals surface area (Å²) in [7, 11) is 1.52. The molecule has 0 bridgehead atoms. The van der Waals surface area contributed by atoms with E-state index in [2.05, 4.69) is 15.3 Å². The first kappa shape index (κ1) is 18.7. The van der Waals surface area contributed by atoms with Crippen molar-refractivity contribution in [3.8, 4) is 17.1 Å². The number of ketones is 1. The van der Waals surface area contributed by atoms with E-state index in [1.165, 1.54) is 18.4 Å². The second-order valence-electron chi connectivity index (χ2n) is 5.93. The van der Waals surface area contributed by atoms with Crippen LogP contribution in [0.3, 0.4) is 0 Å². The Morgan fingerprint density at radius 3 is 2.74 bits per heavy atom. The molecule has 0 saturated heterocycles. The maximum Gasteiger partial charge on any atom is 0.226 e. The molecule has 0 aliphatic heterocycles. The van der Waals surface area contributed by atoms with Gasteiger partial charge in [0.05, 0.1) is 18.4 Å². The van der Waals surface area contributed by atoms with Gasteiger partial charge >= 0.3 is 0 Å². The molecule has 0 radical (unpaired) electrons. The molecule has 3 aromatic rings. The molecule has 138 valence electrons. The van der Waals surface area contributed by atoms with Crippen molar-refractivity contribution in [3.05, 3.63) is 59.1 Å². The lowest BCUT2D eigenvalue weighted by Gasteiger charge is -2.08. The van der Waals surface area contributed by atoms with Crippen molar-refractivity contribution in [2.75, 3.05) is 12.4 Å². The van der Waals surface area contributed by atoms with Gasteiger partial charge in [0.1, 0.15) is 11.4 Å². The van der Waals surface area contributed by atoms with Gasteiger partial charge in [0.25, 0.3) is 0 Å². The largest absolute Gasteiger partial charge is 0.496 e. The molecule has 1 aromatic carbocycles. The summed E-state index contributed by atoms with van der Waals surface area (Å²) in [5, 5.41) is 5.06. The molecule has 0 saturated carbocycles. The van der Waals surface area contributed by atoms with E-state index < -0.39 is 0 Å². The summed E-state index contributed by atoms with van der Waals surface area (Å²) in [6.45, 7) is 1.91. The molecule has 0 atom stereocenters. The van der Waals surface area contributed by atoms with Crippen LogP contribution in [0.4, 0.5) is 5.13 Å². The molecule has 27 heavy (non-hydrogen) atoms. The molecular formula is C20H19N3O3S. The van der Waals surface area contributed by atoms with Gasteiger partial charge < -0.3 is 10.1 Å². The van der Waals surface area contributed by atoms with Crippen molar-refractivity contribution in [1.82, 2.24) is 9.97 Å². The second-order valence-corrected chi connectivity index (χ2v) is 6.79. The number of hydrogen-bond acceptors (Lipinski definition) is 6. The fourth-order valence-corrected chi connectivity index (χ4v) is 3.27. The van der Waals surface area contributed by atoms with Gasteiger partial charge in [-0.25, -0.2) is 4.98 Å². The molecule has 0 spiro atoms. The third-order valence-electron chi connectivity index (χ3n) is 3.91. The lowest BCUT2D eigenvalue weighted by atomic mass is 10.0. The van der Waals surface area contributed by atoms with Gasteiger partial charge in [0, 0.05) is 24.4 Å². The van der Waals surface area contributed by atoms with Crippen molar-refractivity contribution in [2.24, 2.45) is 0 Å². The summed E-state index contributed by atoms with van der Waals surface area (Å²) in [6, 6.07) is 11.0. The van der Waals surface area contributed by atoms with Gasteiger partial charge in [-0.3, -0.25) is 14.6 Å². The molecule has 0 aliphatic rings. The van der Waals surface area contributed by atoms with Gasteiger partial charge in [-0.05, 0) is 31.2 Å². The number of thiazole rings is 1. The molecule has 2 heterocycles. The van der Waals surface area contributed by atoms with E-state index in [1.807, 2.05) is 36.6 Å². The highest BCUT2D eigenvalue weighted by Gasteiger charge is 2.15. The van der Waals surface area contributed by atoms with E-state index in [1.54, 1.807) is 18.3 Å². The average molecular weight is 381 g/mol. The van der Waals surface area contributed by atoms with Crippen LogP contribution in [0.25, 0.3) is 11.4 Å². The Balaban J connectivity index is 1.58. The number of aromatic nitrogens is 2. The van der Waals surface area contributed by atoms with Gasteiger partial charge in [-0.1, -0.05) is 17.7 Å². The highest BCUT2D eigenvalue weighted by atomic mass is 32.1. The number of hydrogen-bond donors (Lipinski definition) is 1. The molecule has 7 heteroatoms. The smallest absolute Gasteiger partial charge is 0.226 e. The van der Waals surface area contributed by atoms with Crippen LogP contribution < -0.4 is 10.1 Å². The Hall–Kier alpha value is -3.06. The fraction of sp³-hybridized carbons (Fsp3) is 0.200. The number of carbonyl (C=O) groups is 2. The standard InChI is InChI=1S/C20H19N3O3S/c1-13-6-8-18(26-2)14(11-13)17(24)7-9-19(25)23-20-22-16(12-27-20)15-5-3-4-10-21-15/h3-6,8,10-12H,7,9H2,1-2H3,(H,22,23,25). The molecule has 0 aliphatic carbocycles. The number of amides is 1. The van der Waals surface area contributed by atoms with Crippen molar-refractivity contribution in [1.29, 1.82) is 0 Å². The van der Waals surface area contributed by atoms with Crippen molar-refractivity contribution in [2.45, 2.75) is 19.8 Å². The zero-order valence-corrected chi connectivity index (χ0v) is 15.9. The van der Waals surface area contributed by atoms with Crippen LogP contribution in [0.2, 0.25) is 0 Å². The number of nitrogens with zero attached hydrogens (tertiary/aromatic N) is 2. The molecule has 3 rings (SSSR count). The molecule has 1 amide bonds. The maximum atomic E-state index is 12.4. The van der Waals surface area contributed by atoms with Crippen molar-refractivity contribution in [3.63, 3.8) is 0 Å². The number of benzene rings is 1. The first-order chi connectivity index (χ1) is 13.1. The lowest BCUT2D eigenvalue weighted by molar-refractivity contribution is -0.116. The van der Waals surface area contributed by atoms with Crippen LogP contribution in [-0.4, -0.2) is 28.8 Å². The zero-order chi connectivity index (χ0) is 19.2. The van der Waals surface area contributed by atoms with Crippen LogP contribution in [-0.2, 0) is 4.79 Å². The number of Topliss-reactive ketones (excluding diaryl/α,β-unsaturated/α-hetero) is 1. The fourth-order valence-electron chi connectivity index (χ4n) is 2.55. The molecule has 6 nitrogen and oxygen atoms in total. The van der Waals surface area contributed by atoms with E-state index in [9.17, 15) is 9.59 Å². The van der Waals surface area contributed by atoms with Gasteiger partial charge in [-0.2, -0.15) is 0 Å². The molecule has 0 unspecified atom stereocenters. The highest BCUT2D eigenvalue weighted by Crippen LogP contribution is 2.24. The minimum atomic E-state index is -0.253. The van der Waals surface area contributed by atoms with E-state index in [4.69, 9.17) is 4.74 Å². The molecule has 1 N–H and O–H groups in total.